The van der Waals surface area contributed by atoms with E-state index >= 15 is 0 Å². The Morgan fingerprint density at radius 2 is 0.910 bits per heavy atom. The van der Waals surface area contributed by atoms with Crippen molar-refractivity contribution in [3.63, 3.8) is 0 Å². The number of nitrogens with two attached hydrogens (primary N) is 2. The number of methoxy groups -OCH3 is 2. The highest BCUT2D eigenvalue weighted by Gasteiger charge is 2.34. The van der Waals surface area contributed by atoms with Crippen molar-refractivity contribution in [1.29, 1.82) is 5.26 Å². The molecule has 29 nitrogen and oxygen atoms in total. The topological polar surface area (TPSA) is 427 Å². The lowest BCUT2D eigenvalue weighted by Crippen LogP contribution is -2.24. The van der Waals surface area contributed by atoms with Gasteiger partial charge < -0.3 is 46.9 Å². The lowest BCUT2D eigenvalue weighted by Gasteiger charge is -2.30. The van der Waals surface area contributed by atoms with Crippen LogP contribution in [-0.2, 0) is 83.2 Å². The van der Waals surface area contributed by atoms with Gasteiger partial charge in [0.1, 0.15) is 28.2 Å². The second kappa shape index (κ2) is 38.6. The Labute approximate surface area is 791 Å². The Balaban J connectivity index is 0.000000113. The molecular formula is C98H84N20O9S7. The third kappa shape index (κ3) is 20.6. The van der Waals surface area contributed by atoms with Gasteiger partial charge in [-0.15, -0.1) is 56.7 Å². The number of nitrogens with one attached hydrogen (secondary N) is 6. The van der Waals surface area contributed by atoms with Gasteiger partial charge in [-0.3, -0.25) is 14.8 Å². The number of nitro groups is 1. The molecule has 36 heteroatoms. The number of phenols is 1. The number of anilines is 12. The molecular weight excluding hydrogens is 1830 g/mol. The Morgan fingerprint density at radius 1 is 0.470 bits per heavy atom. The predicted molar refractivity (Wildman–Crippen MR) is 533 cm³/mol. The van der Waals surface area contributed by atoms with E-state index in [-0.39, 0.29) is 21.7 Å². The molecule has 0 aliphatic heterocycles. The number of primary sulfonamides is 1. The van der Waals surface area contributed by atoms with Crippen LogP contribution >= 0.6 is 56.7 Å². The molecule has 7 aromatic carbocycles. The third-order valence-corrected chi connectivity index (χ3v) is 29.7. The maximum atomic E-state index is 11.5. The molecule has 10 heterocycles. The quantitative estimate of drug-likeness (QED) is 0.0219. The maximum absolute atomic E-state index is 11.5. The van der Waals surface area contributed by atoms with Gasteiger partial charge in [0, 0.05) is 151 Å². The molecule has 22 rings (SSSR count). The van der Waals surface area contributed by atoms with Gasteiger partial charge in [0.25, 0.3) is 5.69 Å². The summed E-state index contributed by atoms with van der Waals surface area (Å²) in [6.07, 6.45) is 18.8. The number of nitrogen functional groups attached to an aromatic ring is 1. The maximum Gasteiger partial charge on any atom is 0.271 e. The number of sulfonamides is 2. The summed E-state index contributed by atoms with van der Waals surface area (Å²) < 4.78 is 59.3. The number of benzene rings is 7. The van der Waals surface area contributed by atoms with E-state index < -0.39 is 25.0 Å². The Hall–Kier alpha value is -14.8. The van der Waals surface area contributed by atoms with Crippen LogP contribution in [0.5, 0.6) is 17.2 Å². The Bertz CT molecular complexity index is 7660. The van der Waals surface area contributed by atoms with Crippen LogP contribution in [0.25, 0.3) is 77.2 Å². The van der Waals surface area contributed by atoms with Crippen molar-refractivity contribution in [3.8, 4) is 100 Å². The summed E-state index contributed by atoms with van der Waals surface area (Å²) in [6.45, 7) is 4.46. The van der Waals surface area contributed by atoms with Gasteiger partial charge in [0.15, 0.2) is 0 Å². The van der Waals surface area contributed by atoms with Crippen molar-refractivity contribution in [3.05, 3.63) is 309 Å². The van der Waals surface area contributed by atoms with Crippen molar-refractivity contribution in [2.45, 2.75) is 81.9 Å². The van der Waals surface area contributed by atoms with Gasteiger partial charge >= 0.3 is 0 Å². The summed E-state index contributed by atoms with van der Waals surface area (Å²) in [5.41, 5.74) is 30.1. The fourth-order valence-electron chi connectivity index (χ4n) is 16.2. The molecule has 5 aliphatic carbocycles. The summed E-state index contributed by atoms with van der Waals surface area (Å²) in [5.74, 6) is 4.28. The first-order chi connectivity index (χ1) is 64.7. The largest absolute Gasteiger partial charge is 0.508 e. The molecule has 0 unspecified atom stereocenters. The van der Waals surface area contributed by atoms with Gasteiger partial charge in [0.05, 0.1) is 64.5 Å². The number of fused-ring (bicyclic) bond motifs is 15. The number of nitro benzene ring substituents is 1. The number of rotatable bonds is 18. The number of nitriles is 1. The van der Waals surface area contributed by atoms with Crippen LogP contribution in [0.2, 0.25) is 0 Å². The highest BCUT2D eigenvalue weighted by atomic mass is 32.2. The van der Waals surface area contributed by atoms with Crippen LogP contribution in [-0.4, -0.2) is 97.2 Å². The van der Waals surface area contributed by atoms with Crippen LogP contribution < -0.4 is 51.7 Å². The summed E-state index contributed by atoms with van der Waals surface area (Å²) >= 11 is 8.58. The van der Waals surface area contributed by atoms with Crippen molar-refractivity contribution >= 4 is 152 Å². The number of thiophene rings is 5. The summed E-state index contributed by atoms with van der Waals surface area (Å²) in [6, 6.07) is 61.2. The molecule has 10 aromatic heterocycles. The van der Waals surface area contributed by atoms with Gasteiger partial charge in [-0.1, -0.05) is 68.4 Å². The smallest absolute Gasteiger partial charge is 0.271 e. The molecule has 0 atom stereocenters. The van der Waals surface area contributed by atoms with E-state index in [0.29, 0.717) is 58.2 Å². The number of aromatic nitrogens is 10. The average molecular weight is 1910 g/mol. The van der Waals surface area contributed by atoms with Gasteiger partial charge in [-0.2, -0.15) is 5.26 Å². The van der Waals surface area contributed by atoms with Crippen LogP contribution in [0.1, 0.15) is 71.6 Å². The van der Waals surface area contributed by atoms with E-state index in [1.54, 1.807) is 109 Å². The lowest BCUT2D eigenvalue weighted by atomic mass is 9.77. The summed E-state index contributed by atoms with van der Waals surface area (Å²) in [7, 11) is -3.74. The van der Waals surface area contributed by atoms with Crippen molar-refractivity contribution < 1.29 is 36.3 Å². The third-order valence-electron chi connectivity index (χ3n) is 22.5. The summed E-state index contributed by atoms with van der Waals surface area (Å²) in [4.78, 5) is 64.6. The van der Waals surface area contributed by atoms with E-state index in [1.165, 1.54) is 81.6 Å². The minimum Gasteiger partial charge on any atom is -0.508 e. The fourth-order valence-corrected chi connectivity index (χ4v) is 22.5. The number of non-ortho nitro benzene ring substituents is 1. The molecule has 0 amide bonds. The van der Waals surface area contributed by atoms with Crippen molar-refractivity contribution in [2.75, 3.05) is 57.5 Å². The Kier molecular flexibility index (Phi) is 25.8. The molecule has 0 saturated carbocycles. The van der Waals surface area contributed by atoms with Crippen LogP contribution in [0, 0.1) is 21.4 Å². The highest BCUT2D eigenvalue weighted by molar-refractivity contribution is 7.92. The van der Waals surface area contributed by atoms with Crippen LogP contribution in [0.4, 0.5) is 75.2 Å². The lowest BCUT2D eigenvalue weighted by molar-refractivity contribution is -0.384. The molecule has 0 fully saturated rings. The minimum atomic E-state index is -3.76. The zero-order valence-electron chi connectivity index (χ0n) is 72.6. The normalized spacial score (nSPS) is 12.9. The number of hydrogen-bond acceptors (Lipinski definition) is 31. The van der Waals surface area contributed by atoms with Crippen LogP contribution in [0.3, 0.4) is 0 Å². The second-order valence-corrected chi connectivity index (χ2v) is 40.8. The Morgan fingerprint density at radius 3 is 1.43 bits per heavy atom. The molecule has 0 spiro atoms. The number of nitrogens with zero attached hydrogens (tertiary/aromatic N) is 12. The molecule has 0 bridgehead atoms. The first-order valence-corrected chi connectivity index (χ1v) is 49.9. The molecule has 134 heavy (non-hydrogen) atoms. The molecule has 5 aliphatic rings. The van der Waals surface area contributed by atoms with E-state index in [4.69, 9.17) is 30.3 Å². The van der Waals surface area contributed by atoms with Crippen LogP contribution in [0.15, 0.2) is 246 Å². The van der Waals surface area contributed by atoms with E-state index in [9.17, 15) is 37.3 Å². The average Bonchev–Trinajstić information content (AvgIpc) is 1.56. The van der Waals surface area contributed by atoms with E-state index in [0.717, 1.165) is 176 Å². The highest BCUT2D eigenvalue weighted by Crippen LogP contribution is 2.48. The first-order valence-electron chi connectivity index (χ1n) is 42.2. The van der Waals surface area contributed by atoms with Gasteiger partial charge in [0.2, 0.25) is 49.8 Å². The van der Waals surface area contributed by atoms with Crippen molar-refractivity contribution in [1.82, 2.24) is 49.8 Å². The van der Waals surface area contributed by atoms with E-state index in [1.807, 2.05) is 114 Å². The monoisotopic (exact) mass is 1910 g/mol. The summed E-state index contributed by atoms with van der Waals surface area (Å²) in [5, 5.41) is 56.6. The minimum absolute atomic E-state index is 0.0353. The van der Waals surface area contributed by atoms with Crippen molar-refractivity contribution in [2.24, 2.45) is 5.14 Å². The predicted octanol–water partition coefficient (Wildman–Crippen LogP) is 21.4. The molecule has 672 valence electrons. The number of aryl methyl sites for hydroxylation is 7. The zero-order chi connectivity index (χ0) is 92.9. The fraction of sp³-hybridized carbons (Fsp3) is 0.153. The number of phenolic OH excluding ortho intramolecular Hbond substituents is 1. The number of aromatic hydroxyl groups is 1. The SMILES string of the molecule is CC1(C)Cc2cnc(Nc3cccc(S(N)(=O)=O)c3)nc2-c2ccsc21.COc1cccc(-c2cc3c(s2)CCc2cnc(Nc4cccc(N)c4)nc2-3)c1.COc1cccc(-c2cc3c(s2)CCc2cnc(Nc4cccc(NS(C)(=O)=O)c4)nc2-3)c1.N#Cc1scc2c1CCc1cnc(Nc3cccc(O)c3)nc1-2.O=[N+]([O-])c1cccc(Nc2ncc3c(n2)-c2ccsc2CC3)c1. The second-order valence-electron chi connectivity index (χ2n) is 32.4. The first kappa shape index (κ1) is 89.8. The molecule has 0 saturated heterocycles. The standard InChI is InChI=1S/C24H22N4O3S2.C23H20N4OS.C18H18N4O2S2.C17H12N4OS.C16H12N4O2S/c1-31-19-8-3-5-15(11-19)22-13-20-21(32-22)10-9-16-14-25-24(27-23(16)20)26-17-6-4-7-18(12-17)28-33(2,29)30;1-28-18-7-2-4-14(10-18)21-12-19-20(29-21)9-8-15-13-25-23(27-22(15)19)26-17-6-3-5-16(24)11-17;1-18(2)9-11-10-20-17(22-15(11)14-6-7-25-16(14)18)21-12-4-3-5-13(8-12)26(19,23)24;18-7-15-13-5-4-10-8-19-17(21-16(10)14(13)9-23-15)20-11-2-1-3-12(22)6-11;21-20(22)12-3-1-2-11(8-12)18-16-17-9-10-4-5-14-13(6-7-23-14)15(10)19-16/h3-8,11-14,28H,9-10H2,1-2H3,(H,25,26,27);2-7,10-13H,8-9,24H2,1H3,(H,25,26,27);3-8,10H,9H2,1-2H3,(H2,19,23,24)(H,20,21,22);1-3,6,8-9,22H,4-5H2,(H,19,20,21);1-3,6-9H,4-5H2,(H,17,18,19). The molecule has 17 aromatic rings. The molecule has 0 radical (unpaired) electrons. The number of ether oxygens (including phenoxy) is 2. The van der Waals surface area contributed by atoms with E-state index in [2.05, 4.69) is 144 Å². The van der Waals surface area contributed by atoms with Gasteiger partial charge in [-0.05, 0) is 234 Å². The molecule has 11 N–H and O–H groups in total. The van der Waals surface area contributed by atoms with Gasteiger partial charge in [-0.25, -0.2) is 71.8 Å². The zero-order valence-corrected chi connectivity index (χ0v) is 78.3. The number of hydrogen-bond donors (Lipinski definition) is 9.